The fraction of sp³-hybridized carbons (Fsp3) is 0.500. The van der Waals surface area contributed by atoms with Gasteiger partial charge in [-0.3, -0.25) is 0 Å². The molecule has 0 bridgehead atoms. The zero-order valence-electron chi connectivity index (χ0n) is 11.2. The van der Waals surface area contributed by atoms with Gasteiger partial charge in [0.25, 0.3) is 0 Å². The maximum atomic E-state index is 3.82. The minimum atomic E-state index is 0.551. The topological polar surface area (TPSA) is 12.0 Å². The molecule has 1 N–H and O–H groups in total. The Labute approximate surface area is 106 Å². The molecule has 1 aromatic rings. The van der Waals surface area contributed by atoms with E-state index < -0.39 is 0 Å². The molecule has 1 rings (SSSR count). The van der Waals surface area contributed by atoms with Crippen LogP contribution in [0.1, 0.15) is 44.6 Å². The largest absolute Gasteiger partial charge is 0.313 e. The third-order valence-corrected chi connectivity index (χ3v) is 3.27. The van der Waals surface area contributed by atoms with E-state index in [1.54, 1.807) is 0 Å². The fourth-order valence-corrected chi connectivity index (χ4v) is 2.14. The quantitative estimate of drug-likeness (QED) is 0.663. The molecule has 0 amide bonds. The lowest BCUT2D eigenvalue weighted by atomic mass is 9.90. The van der Waals surface area contributed by atoms with Gasteiger partial charge in [-0.25, -0.2) is 0 Å². The van der Waals surface area contributed by atoms with E-state index in [2.05, 4.69) is 56.1 Å². The van der Waals surface area contributed by atoms with Gasteiger partial charge in [-0.15, -0.1) is 6.58 Å². The summed E-state index contributed by atoms with van der Waals surface area (Å²) >= 11 is 0. The van der Waals surface area contributed by atoms with Crippen LogP contribution < -0.4 is 5.32 Å². The Balaban J connectivity index is 2.64. The van der Waals surface area contributed by atoms with Crippen LogP contribution in [0.15, 0.2) is 43.0 Å². The van der Waals surface area contributed by atoms with Crippen LogP contribution in [0.5, 0.6) is 0 Å². The second-order valence-electron chi connectivity index (χ2n) is 4.63. The number of rotatable bonds is 8. The third kappa shape index (κ3) is 4.74. The smallest absolute Gasteiger partial charge is 0.0136 e. The summed E-state index contributed by atoms with van der Waals surface area (Å²) in [5.74, 6) is 0.558. The van der Waals surface area contributed by atoms with Crippen LogP contribution in [0.4, 0.5) is 0 Å². The monoisotopic (exact) mass is 231 g/mol. The van der Waals surface area contributed by atoms with Gasteiger partial charge >= 0.3 is 0 Å². The summed E-state index contributed by atoms with van der Waals surface area (Å²) in [6, 6.07) is 11.3. The molecule has 0 radical (unpaired) electrons. The zero-order valence-corrected chi connectivity index (χ0v) is 11.2. The fourth-order valence-electron chi connectivity index (χ4n) is 2.14. The molecule has 0 saturated heterocycles. The van der Waals surface area contributed by atoms with E-state index in [-0.39, 0.29) is 0 Å². The highest BCUT2D eigenvalue weighted by molar-refractivity contribution is 5.20. The molecule has 0 aromatic heterocycles. The molecule has 1 aromatic carbocycles. The van der Waals surface area contributed by atoms with Crippen molar-refractivity contribution in [3.63, 3.8) is 0 Å². The predicted octanol–water partition coefficient (Wildman–Crippen LogP) is 4.12. The van der Waals surface area contributed by atoms with Crippen molar-refractivity contribution >= 4 is 0 Å². The summed E-state index contributed by atoms with van der Waals surface area (Å²) in [6.45, 7) is 9.44. The molecule has 0 aliphatic rings. The van der Waals surface area contributed by atoms with Gasteiger partial charge in [0.15, 0.2) is 0 Å². The lowest BCUT2D eigenvalue weighted by Gasteiger charge is -2.25. The Kier molecular flexibility index (Phi) is 6.64. The molecule has 0 aliphatic heterocycles. The SMILES string of the molecule is C=CCCC(NCCC)C(C)c1ccccc1. The van der Waals surface area contributed by atoms with Gasteiger partial charge in [0.05, 0.1) is 0 Å². The molecule has 0 heterocycles. The van der Waals surface area contributed by atoms with Gasteiger partial charge in [-0.1, -0.05) is 50.3 Å². The summed E-state index contributed by atoms with van der Waals surface area (Å²) < 4.78 is 0. The summed E-state index contributed by atoms with van der Waals surface area (Å²) in [4.78, 5) is 0. The van der Waals surface area contributed by atoms with Crippen LogP contribution in [0.3, 0.4) is 0 Å². The molecule has 1 heteroatoms. The van der Waals surface area contributed by atoms with Crippen molar-refractivity contribution in [2.75, 3.05) is 6.54 Å². The molecule has 0 spiro atoms. The normalized spacial score (nSPS) is 14.2. The van der Waals surface area contributed by atoms with E-state index in [1.807, 2.05) is 6.08 Å². The first-order chi connectivity index (χ1) is 8.29. The molecule has 2 unspecified atom stereocenters. The first-order valence-corrected chi connectivity index (χ1v) is 6.68. The van der Waals surface area contributed by atoms with E-state index >= 15 is 0 Å². The van der Waals surface area contributed by atoms with Crippen molar-refractivity contribution in [2.45, 2.75) is 45.1 Å². The van der Waals surface area contributed by atoms with E-state index in [0.717, 1.165) is 13.0 Å². The molecule has 2 atom stereocenters. The maximum absolute atomic E-state index is 3.82. The van der Waals surface area contributed by atoms with Gasteiger partial charge in [0.2, 0.25) is 0 Å². The highest BCUT2D eigenvalue weighted by Crippen LogP contribution is 2.22. The predicted molar refractivity (Wildman–Crippen MR) is 76.4 cm³/mol. The molecule has 94 valence electrons. The first kappa shape index (κ1) is 14.0. The van der Waals surface area contributed by atoms with Crippen LogP contribution in [-0.2, 0) is 0 Å². The third-order valence-electron chi connectivity index (χ3n) is 3.27. The number of hydrogen-bond donors (Lipinski definition) is 1. The minimum Gasteiger partial charge on any atom is -0.313 e. The van der Waals surface area contributed by atoms with E-state index in [1.165, 1.54) is 18.4 Å². The van der Waals surface area contributed by atoms with Crippen LogP contribution in [0.2, 0.25) is 0 Å². The highest BCUT2D eigenvalue weighted by atomic mass is 14.9. The summed E-state index contributed by atoms with van der Waals surface area (Å²) in [6.07, 6.45) is 5.45. The highest BCUT2D eigenvalue weighted by Gasteiger charge is 2.16. The summed E-state index contributed by atoms with van der Waals surface area (Å²) in [5, 5.41) is 3.65. The van der Waals surface area contributed by atoms with Crippen LogP contribution in [0, 0.1) is 0 Å². The lowest BCUT2D eigenvalue weighted by Crippen LogP contribution is -2.34. The van der Waals surface area contributed by atoms with Crippen molar-refractivity contribution in [2.24, 2.45) is 0 Å². The average molecular weight is 231 g/mol. The number of benzene rings is 1. The van der Waals surface area contributed by atoms with Crippen molar-refractivity contribution in [1.82, 2.24) is 5.32 Å². The van der Waals surface area contributed by atoms with E-state index in [4.69, 9.17) is 0 Å². The summed E-state index contributed by atoms with van der Waals surface area (Å²) in [7, 11) is 0. The Bertz CT molecular complexity index is 305. The van der Waals surface area contributed by atoms with Crippen molar-refractivity contribution in [3.8, 4) is 0 Å². The van der Waals surface area contributed by atoms with Gasteiger partial charge < -0.3 is 5.32 Å². The number of nitrogens with one attached hydrogen (secondary N) is 1. The molecule has 1 nitrogen and oxygen atoms in total. The van der Waals surface area contributed by atoms with Crippen LogP contribution >= 0.6 is 0 Å². The Morgan fingerprint density at radius 1 is 1.29 bits per heavy atom. The Morgan fingerprint density at radius 2 is 2.00 bits per heavy atom. The second-order valence-corrected chi connectivity index (χ2v) is 4.63. The van der Waals surface area contributed by atoms with Gasteiger partial charge in [-0.05, 0) is 37.3 Å². The van der Waals surface area contributed by atoms with Gasteiger partial charge in [0, 0.05) is 6.04 Å². The van der Waals surface area contributed by atoms with Crippen molar-refractivity contribution < 1.29 is 0 Å². The molecule has 0 saturated carbocycles. The Hall–Kier alpha value is -1.08. The van der Waals surface area contributed by atoms with Gasteiger partial charge in [0.1, 0.15) is 0 Å². The van der Waals surface area contributed by atoms with Crippen molar-refractivity contribution in [3.05, 3.63) is 48.6 Å². The van der Waals surface area contributed by atoms with Crippen molar-refractivity contribution in [1.29, 1.82) is 0 Å². The minimum absolute atomic E-state index is 0.551. The molecule has 0 aliphatic carbocycles. The Morgan fingerprint density at radius 3 is 2.59 bits per heavy atom. The van der Waals surface area contributed by atoms with Crippen LogP contribution in [-0.4, -0.2) is 12.6 Å². The van der Waals surface area contributed by atoms with Gasteiger partial charge in [-0.2, -0.15) is 0 Å². The first-order valence-electron chi connectivity index (χ1n) is 6.68. The zero-order chi connectivity index (χ0) is 12.5. The molecule has 0 fully saturated rings. The van der Waals surface area contributed by atoms with E-state index in [9.17, 15) is 0 Å². The number of allylic oxidation sites excluding steroid dienone is 1. The molecule has 17 heavy (non-hydrogen) atoms. The average Bonchev–Trinajstić information content (AvgIpc) is 2.39. The van der Waals surface area contributed by atoms with E-state index in [0.29, 0.717) is 12.0 Å². The second kappa shape index (κ2) is 8.08. The maximum Gasteiger partial charge on any atom is 0.0136 e. The summed E-state index contributed by atoms with van der Waals surface area (Å²) in [5.41, 5.74) is 1.42. The van der Waals surface area contributed by atoms with Crippen LogP contribution in [0.25, 0.3) is 0 Å². The molecular formula is C16H25N. The number of hydrogen-bond acceptors (Lipinski definition) is 1. The standard InChI is InChI=1S/C16H25N/c1-4-6-12-16(17-13-5-2)14(3)15-10-8-7-9-11-15/h4,7-11,14,16-17H,1,5-6,12-13H2,2-3H3. The molecular weight excluding hydrogens is 206 g/mol. The lowest BCUT2D eigenvalue weighted by molar-refractivity contribution is 0.427.